The lowest BCUT2D eigenvalue weighted by molar-refractivity contribution is 0.0846. The van der Waals surface area contributed by atoms with E-state index in [0.29, 0.717) is 17.1 Å². The molecular weight excluding hydrogens is 266 g/mol. The normalized spacial score (nSPS) is 22.1. The largest absolute Gasteiger partial charge is 0.497 e. The molecule has 1 fully saturated rings. The smallest absolute Gasteiger partial charge is 0.198 e. The highest BCUT2D eigenvalue weighted by molar-refractivity contribution is 6.12. The summed E-state index contributed by atoms with van der Waals surface area (Å²) in [6, 6.07) is 5.36. The Balaban J connectivity index is 2.01. The molecule has 1 aromatic rings. The molecule has 0 N–H and O–H groups in total. The monoisotopic (exact) mass is 287 g/mol. The van der Waals surface area contributed by atoms with Crippen LogP contribution in [0.25, 0.3) is 0 Å². The molecule has 0 atom stereocenters. The maximum Gasteiger partial charge on any atom is 0.198 e. The van der Waals surface area contributed by atoms with Crippen LogP contribution in [0.15, 0.2) is 30.0 Å². The second-order valence-electron chi connectivity index (χ2n) is 6.09. The van der Waals surface area contributed by atoms with Gasteiger partial charge in [-0.25, -0.2) is 0 Å². The lowest BCUT2D eigenvalue weighted by atomic mass is 9.87. The third-order valence-electron chi connectivity index (χ3n) is 4.14. The van der Waals surface area contributed by atoms with E-state index in [-0.39, 0.29) is 5.78 Å². The Bertz CT molecular complexity index is 598. The Morgan fingerprint density at radius 2 is 2.00 bits per heavy atom. The van der Waals surface area contributed by atoms with E-state index in [9.17, 15) is 4.79 Å². The number of hydrogen-bond acceptors (Lipinski definition) is 4. The molecule has 0 amide bonds. The molecule has 4 heteroatoms. The van der Waals surface area contributed by atoms with Crippen molar-refractivity contribution in [1.82, 2.24) is 4.90 Å². The van der Waals surface area contributed by atoms with Crippen molar-refractivity contribution in [2.45, 2.75) is 32.3 Å². The Hall–Kier alpha value is -1.97. The number of benzene rings is 1. The van der Waals surface area contributed by atoms with E-state index in [1.807, 2.05) is 20.0 Å². The molecule has 2 aliphatic rings. The van der Waals surface area contributed by atoms with Gasteiger partial charge in [0.2, 0.25) is 0 Å². The quantitative estimate of drug-likeness (QED) is 0.784. The predicted molar refractivity (Wildman–Crippen MR) is 80.9 cm³/mol. The number of carbonyl (C=O) groups excluding carboxylic acids is 1. The zero-order valence-electron chi connectivity index (χ0n) is 12.8. The molecule has 0 radical (unpaired) electrons. The number of rotatable bonds is 2. The van der Waals surface area contributed by atoms with Crippen molar-refractivity contribution < 1.29 is 14.3 Å². The van der Waals surface area contributed by atoms with Crippen LogP contribution >= 0.6 is 0 Å². The molecule has 21 heavy (non-hydrogen) atoms. The first kappa shape index (κ1) is 14.0. The molecule has 1 aromatic carbocycles. The molecule has 2 heterocycles. The van der Waals surface area contributed by atoms with Crippen molar-refractivity contribution >= 4 is 5.78 Å². The molecule has 112 valence electrons. The van der Waals surface area contributed by atoms with E-state index in [4.69, 9.17) is 9.47 Å². The van der Waals surface area contributed by atoms with Gasteiger partial charge in [0.05, 0.1) is 18.2 Å². The summed E-state index contributed by atoms with van der Waals surface area (Å²) < 4.78 is 11.3. The Kier molecular flexibility index (Phi) is 3.40. The van der Waals surface area contributed by atoms with Crippen molar-refractivity contribution in [1.29, 1.82) is 0 Å². The van der Waals surface area contributed by atoms with Gasteiger partial charge in [-0.1, -0.05) is 0 Å². The maximum absolute atomic E-state index is 12.8. The van der Waals surface area contributed by atoms with Crippen molar-refractivity contribution in [3.05, 3.63) is 35.5 Å². The number of fused-ring (bicyclic) bond motifs is 1. The summed E-state index contributed by atoms with van der Waals surface area (Å²) in [7, 11) is 1.61. The lowest BCUT2D eigenvalue weighted by Gasteiger charge is -2.35. The van der Waals surface area contributed by atoms with E-state index >= 15 is 0 Å². The highest BCUT2D eigenvalue weighted by atomic mass is 16.5. The molecule has 0 bridgehead atoms. The van der Waals surface area contributed by atoms with Gasteiger partial charge in [0, 0.05) is 25.4 Å². The fourth-order valence-corrected chi connectivity index (χ4v) is 2.92. The fourth-order valence-electron chi connectivity index (χ4n) is 2.92. The zero-order chi connectivity index (χ0) is 15.0. The topological polar surface area (TPSA) is 38.8 Å². The molecule has 0 spiro atoms. The number of ketones is 1. The highest BCUT2D eigenvalue weighted by Crippen LogP contribution is 2.38. The van der Waals surface area contributed by atoms with Gasteiger partial charge < -0.3 is 14.4 Å². The predicted octanol–water partition coefficient (Wildman–Crippen LogP) is 3.03. The summed E-state index contributed by atoms with van der Waals surface area (Å²) in [5.74, 6) is 1.35. The average molecular weight is 287 g/mol. The van der Waals surface area contributed by atoms with Gasteiger partial charge >= 0.3 is 0 Å². The minimum absolute atomic E-state index is 0.0517. The molecular formula is C17H21NO3. The molecule has 3 rings (SSSR count). The van der Waals surface area contributed by atoms with Gasteiger partial charge in [0.1, 0.15) is 17.1 Å². The van der Waals surface area contributed by atoms with Gasteiger partial charge in [0.25, 0.3) is 0 Å². The lowest BCUT2D eigenvalue weighted by Crippen LogP contribution is -2.40. The summed E-state index contributed by atoms with van der Waals surface area (Å²) >= 11 is 0. The number of ether oxygens (including phenoxy) is 2. The number of carbonyl (C=O) groups is 1. The van der Waals surface area contributed by atoms with Crippen LogP contribution in [0.1, 0.15) is 37.0 Å². The van der Waals surface area contributed by atoms with Crippen LogP contribution in [0.2, 0.25) is 0 Å². The second-order valence-corrected chi connectivity index (χ2v) is 6.09. The number of nitrogens with zero attached hydrogens (tertiary/aromatic N) is 1. The number of hydrogen-bond donors (Lipinski definition) is 0. The molecule has 2 aliphatic heterocycles. The first-order valence-electron chi connectivity index (χ1n) is 7.39. The highest BCUT2D eigenvalue weighted by Gasteiger charge is 2.38. The summed E-state index contributed by atoms with van der Waals surface area (Å²) in [6.07, 6.45) is 4.36. The van der Waals surface area contributed by atoms with Crippen molar-refractivity contribution in [2.24, 2.45) is 0 Å². The van der Waals surface area contributed by atoms with Crippen LogP contribution in [-0.2, 0) is 0 Å². The molecule has 0 unspecified atom stereocenters. The van der Waals surface area contributed by atoms with E-state index in [0.717, 1.165) is 18.7 Å². The van der Waals surface area contributed by atoms with Crippen molar-refractivity contribution in [3.8, 4) is 11.5 Å². The van der Waals surface area contributed by atoms with E-state index in [1.165, 1.54) is 12.8 Å². The van der Waals surface area contributed by atoms with Crippen LogP contribution in [-0.4, -0.2) is 36.5 Å². The third kappa shape index (κ3) is 2.50. The molecule has 0 aliphatic carbocycles. The first-order valence-corrected chi connectivity index (χ1v) is 7.39. The van der Waals surface area contributed by atoms with Crippen LogP contribution in [0.3, 0.4) is 0 Å². The van der Waals surface area contributed by atoms with Crippen LogP contribution in [0.4, 0.5) is 0 Å². The Morgan fingerprint density at radius 1 is 1.29 bits per heavy atom. The van der Waals surface area contributed by atoms with E-state index < -0.39 is 5.60 Å². The molecule has 1 saturated heterocycles. The van der Waals surface area contributed by atoms with Crippen molar-refractivity contribution in [3.63, 3.8) is 0 Å². The summed E-state index contributed by atoms with van der Waals surface area (Å²) in [6.45, 7) is 5.91. The molecule has 4 nitrogen and oxygen atoms in total. The zero-order valence-corrected chi connectivity index (χ0v) is 12.8. The van der Waals surface area contributed by atoms with Crippen LogP contribution in [0.5, 0.6) is 11.5 Å². The summed E-state index contributed by atoms with van der Waals surface area (Å²) in [5.41, 5.74) is 0.710. The first-order chi connectivity index (χ1) is 10.0. The standard InChI is InChI=1S/C17H21NO3/c1-17(2)14(11-18-8-4-5-9-18)16(19)13-7-6-12(20-3)10-15(13)21-17/h6-7,10-11H,4-5,8-9H2,1-3H3/b14-11-. The molecule has 0 aromatic heterocycles. The third-order valence-corrected chi connectivity index (χ3v) is 4.14. The maximum atomic E-state index is 12.8. The van der Waals surface area contributed by atoms with Gasteiger partial charge in [-0.3, -0.25) is 4.79 Å². The van der Waals surface area contributed by atoms with Gasteiger partial charge in [-0.2, -0.15) is 0 Å². The molecule has 0 saturated carbocycles. The minimum Gasteiger partial charge on any atom is -0.497 e. The van der Waals surface area contributed by atoms with Crippen LogP contribution < -0.4 is 9.47 Å². The SMILES string of the molecule is COc1ccc2c(c1)OC(C)(C)/C(=C\N1CCCC1)C2=O. The number of methoxy groups -OCH3 is 1. The summed E-state index contributed by atoms with van der Waals surface area (Å²) in [4.78, 5) is 15.0. The summed E-state index contributed by atoms with van der Waals surface area (Å²) in [5, 5.41) is 0. The Morgan fingerprint density at radius 3 is 2.67 bits per heavy atom. The minimum atomic E-state index is -0.626. The fraction of sp³-hybridized carbons (Fsp3) is 0.471. The van der Waals surface area contributed by atoms with Gasteiger partial charge in [-0.05, 0) is 38.8 Å². The van der Waals surface area contributed by atoms with Crippen molar-refractivity contribution in [2.75, 3.05) is 20.2 Å². The van der Waals surface area contributed by atoms with Gasteiger partial charge in [-0.15, -0.1) is 0 Å². The second kappa shape index (κ2) is 5.10. The number of Topliss-reactive ketones (excluding diaryl/α,β-unsaturated/α-hetero) is 1. The average Bonchev–Trinajstić information content (AvgIpc) is 2.95. The van der Waals surface area contributed by atoms with Crippen LogP contribution in [0, 0.1) is 0 Å². The Labute approximate surface area is 125 Å². The van der Waals surface area contributed by atoms with E-state index in [1.54, 1.807) is 25.3 Å². The number of likely N-dealkylation sites (tertiary alicyclic amines) is 1. The van der Waals surface area contributed by atoms with Gasteiger partial charge in [0.15, 0.2) is 5.78 Å². The van der Waals surface area contributed by atoms with E-state index in [2.05, 4.69) is 4.90 Å².